The first kappa shape index (κ1) is 22.9. The summed E-state index contributed by atoms with van der Waals surface area (Å²) < 4.78 is 24.0. The Balaban J connectivity index is 1.58. The normalized spacial score (nSPS) is 14.6. The van der Waals surface area contributed by atoms with Crippen LogP contribution in [-0.4, -0.2) is 42.0 Å². The lowest BCUT2D eigenvalue weighted by atomic mass is 10.2. The van der Waals surface area contributed by atoms with Gasteiger partial charge in [0.1, 0.15) is 16.8 Å². The van der Waals surface area contributed by atoms with Crippen molar-refractivity contribution in [2.75, 3.05) is 18.9 Å². The van der Waals surface area contributed by atoms with Gasteiger partial charge in [0, 0.05) is 39.3 Å². The van der Waals surface area contributed by atoms with Gasteiger partial charge in [-0.2, -0.15) is 0 Å². The number of rotatable bonds is 7. The molecule has 0 saturated carbocycles. The summed E-state index contributed by atoms with van der Waals surface area (Å²) >= 11 is 2.83. The zero-order valence-electron chi connectivity index (χ0n) is 17.6. The monoisotopic (exact) mass is 572 g/mol. The first-order valence-corrected chi connectivity index (χ1v) is 13.0. The van der Waals surface area contributed by atoms with E-state index in [2.05, 4.69) is 54.0 Å². The highest BCUT2D eigenvalue weighted by molar-refractivity contribution is 14.1. The highest BCUT2D eigenvalue weighted by atomic mass is 127. The van der Waals surface area contributed by atoms with Crippen LogP contribution in [0, 0.1) is 3.57 Å². The average molecular weight is 572 g/mol. The van der Waals surface area contributed by atoms with E-state index in [1.54, 1.807) is 11.8 Å². The van der Waals surface area contributed by atoms with E-state index in [9.17, 15) is 4.55 Å². The van der Waals surface area contributed by atoms with Gasteiger partial charge in [0.05, 0.1) is 6.61 Å². The Kier molecular flexibility index (Phi) is 6.87. The Hall–Kier alpha value is -1.28. The maximum atomic E-state index is 12.2. The molecular weight excluding hydrogens is 547 g/mol. The number of halogens is 1. The number of ether oxygens (including phenoxy) is 1. The number of hydrogen-bond donors (Lipinski definition) is 2. The second kappa shape index (κ2) is 9.30. The van der Waals surface area contributed by atoms with Crippen molar-refractivity contribution in [1.82, 2.24) is 24.2 Å². The van der Waals surface area contributed by atoms with Gasteiger partial charge in [-0.05, 0) is 67.5 Å². The van der Waals surface area contributed by atoms with Crippen molar-refractivity contribution in [3.63, 3.8) is 0 Å². The van der Waals surface area contributed by atoms with Crippen LogP contribution in [0.1, 0.15) is 32.8 Å². The number of hydrogen-bond acceptors (Lipinski definition) is 8. The molecule has 0 aliphatic carbocycles. The first-order chi connectivity index (χ1) is 14.7. The van der Waals surface area contributed by atoms with E-state index in [0.717, 1.165) is 38.8 Å². The van der Waals surface area contributed by atoms with Gasteiger partial charge in [0.15, 0.2) is 22.1 Å². The highest BCUT2D eigenvalue weighted by Crippen LogP contribution is 2.38. The maximum absolute atomic E-state index is 12.2. The standard InChI is InChI=1S/C20H25IN6O2S2/c1-20(2,3)31(28)25-6-4-7-27-18-16(17(22)23-11-24-18)26-19(27)30-15-10-14-12(5-8-29-14)9-13(15)21/h9-11,25H,4-8H2,1-3H3,(H2,22,23,24). The third-order valence-electron chi connectivity index (χ3n) is 4.82. The second-order valence-corrected chi connectivity index (χ2v) is 12.4. The third kappa shape index (κ3) is 5.05. The van der Waals surface area contributed by atoms with Crippen LogP contribution in [0.15, 0.2) is 28.5 Å². The SMILES string of the molecule is CC(C)(C)[S+]([O-])NCCCn1c(Sc2cc3c(cc2I)CCO3)nc2c(N)ncnc21. The molecule has 1 atom stereocenters. The van der Waals surface area contributed by atoms with Crippen LogP contribution in [-0.2, 0) is 24.3 Å². The molecule has 0 bridgehead atoms. The van der Waals surface area contributed by atoms with Crippen molar-refractivity contribution in [2.45, 2.75) is 55.0 Å². The number of nitrogens with two attached hydrogens (primary N) is 1. The Bertz CT molecular complexity index is 1100. The van der Waals surface area contributed by atoms with E-state index in [4.69, 9.17) is 15.5 Å². The molecule has 0 saturated heterocycles. The molecule has 11 heteroatoms. The lowest BCUT2D eigenvalue weighted by Crippen LogP contribution is -2.39. The fourth-order valence-corrected chi connectivity index (χ4v) is 5.75. The summed E-state index contributed by atoms with van der Waals surface area (Å²) in [5, 5.41) is 0.801. The molecule has 3 aromatic rings. The van der Waals surface area contributed by atoms with Crippen LogP contribution >= 0.6 is 34.4 Å². The van der Waals surface area contributed by atoms with Gasteiger partial charge >= 0.3 is 0 Å². The first-order valence-electron chi connectivity index (χ1n) is 9.99. The number of anilines is 1. The van der Waals surface area contributed by atoms with Crippen LogP contribution in [0.2, 0.25) is 0 Å². The summed E-state index contributed by atoms with van der Waals surface area (Å²) in [5.41, 5.74) is 8.62. The van der Waals surface area contributed by atoms with Crippen LogP contribution in [0.4, 0.5) is 5.82 Å². The Morgan fingerprint density at radius 3 is 2.94 bits per heavy atom. The van der Waals surface area contributed by atoms with E-state index >= 15 is 0 Å². The minimum absolute atomic E-state index is 0.295. The fraction of sp³-hybridized carbons (Fsp3) is 0.450. The molecule has 8 nitrogen and oxygen atoms in total. The van der Waals surface area contributed by atoms with E-state index in [0.29, 0.717) is 30.1 Å². The molecule has 2 aromatic heterocycles. The highest BCUT2D eigenvalue weighted by Gasteiger charge is 2.26. The van der Waals surface area contributed by atoms with Crippen LogP contribution in [0.5, 0.6) is 5.75 Å². The van der Waals surface area contributed by atoms with E-state index in [-0.39, 0.29) is 4.75 Å². The summed E-state index contributed by atoms with van der Waals surface area (Å²) in [4.78, 5) is 14.3. The fourth-order valence-electron chi connectivity index (χ4n) is 3.19. The minimum atomic E-state index is -1.10. The van der Waals surface area contributed by atoms with Gasteiger partial charge in [-0.25, -0.2) is 15.0 Å². The summed E-state index contributed by atoms with van der Waals surface area (Å²) in [6.45, 7) is 7.88. The molecular formula is C20H25IN6O2S2. The van der Waals surface area contributed by atoms with Crippen LogP contribution < -0.4 is 15.2 Å². The van der Waals surface area contributed by atoms with E-state index < -0.39 is 11.4 Å². The average Bonchev–Trinajstić information content (AvgIpc) is 3.29. The Morgan fingerprint density at radius 2 is 2.16 bits per heavy atom. The van der Waals surface area contributed by atoms with Crippen LogP contribution in [0.25, 0.3) is 11.2 Å². The number of nitrogens with zero attached hydrogens (tertiary/aromatic N) is 4. The molecule has 3 N–H and O–H groups in total. The van der Waals surface area contributed by atoms with Gasteiger partial charge < -0.3 is 19.6 Å². The number of fused-ring (bicyclic) bond motifs is 2. The molecule has 1 aliphatic heterocycles. The summed E-state index contributed by atoms with van der Waals surface area (Å²) in [7, 11) is 0. The molecule has 1 aromatic carbocycles. The van der Waals surface area contributed by atoms with E-state index in [1.807, 2.05) is 20.8 Å². The second-order valence-electron chi connectivity index (χ2n) is 8.20. The molecule has 31 heavy (non-hydrogen) atoms. The van der Waals surface area contributed by atoms with Crippen LogP contribution in [0.3, 0.4) is 0 Å². The van der Waals surface area contributed by atoms with Gasteiger partial charge in [-0.15, -0.1) is 4.72 Å². The zero-order chi connectivity index (χ0) is 22.2. The Morgan fingerprint density at radius 1 is 1.35 bits per heavy atom. The van der Waals surface area contributed by atoms with Crippen molar-refractivity contribution in [3.05, 3.63) is 27.6 Å². The van der Waals surface area contributed by atoms with Crippen molar-refractivity contribution in [1.29, 1.82) is 0 Å². The lowest BCUT2D eigenvalue weighted by molar-refractivity contribution is 0.356. The molecule has 0 fully saturated rings. The number of benzene rings is 1. The zero-order valence-corrected chi connectivity index (χ0v) is 21.4. The van der Waals surface area contributed by atoms with E-state index in [1.165, 1.54) is 11.9 Å². The van der Waals surface area contributed by atoms with Gasteiger partial charge in [0.2, 0.25) is 0 Å². The maximum Gasteiger partial charge on any atom is 0.175 e. The van der Waals surface area contributed by atoms with Gasteiger partial charge in [0.25, 0.3) is 0 Å². The van der Waals surface area contributed by atoms with Crippen molar-refractivity contribution in [3.8, 4) is 5.75 Å². The largest absolute Gasteiger partial charge is 0.598 e. The number of aryl methyl sites for hydroxylation is 1. The molecule has 0 amide bonds. The summed E-state index contributed by atoms with van der Waals surface area (Å²) in [5.74, 6) is 1.31. The number of nitrogen functional groups attached to an aromatic ring is 1. The predicted molar refractivity (Wildman–Crippen MR) is 133 cm³/mol. The number of imidazole rings is 1. The summed E-state index contributed by atoms with van der Waals surface area (Å²) in [6, 6.07) is 4.26. The number of aromatic nitrogens is 4. The third-order valence-corrected chi connectivity index (χ3v) is 8.71. The van der Waals surface area contributed by atoms with Gasteiger partial charge in [-0.3, -0.25) is 0 Å². The molecule has 1 unspecified atom stereocenters. The molecule has 0 spiro atoms. The quantitative estimate of drug-likeness (QED) is 0.251. The molecule has 3 heterocycles. The Labute approximate surface area is 202 Å². The minimum Gasteiger partial charge on any atom is -0.598 e. The topological polar surface area (TPSA) is 114 Å². The molecule has 4 rings (SSSR count). The number of nitrogens with one attached hydrogen (secondary N) is 1. The predicted octanol–water partition coefficient (Wildman–Crippen LogP) is 3.54. The van der Waals surface area contributed by atoms with Crippen molar-refractivity contribution < 1.29 is 9.29 Å². The molecule has 0 radical (unpaired) electrons. The smallest absolute Gasteiger partial charge is 0.175 e. The molecule has 166 valence electrons. The van der Waals surface area contributed by atoms with Crippen molar-refractivity contribution >= 4 is 62.7 Å². The summed E-state index contributed by atoms with van der Waals surface area (Å²) in [6.07, 6.45) is 3.18. The van der Waals surface area contributed by atoms with Crippen molar-refractivity contribution in [2.24, 2.45) is 0 Å². The lowest BCUT2D eigenvalue weighted by Gasteiger charge is -2.23. The van der Waals surface area contributed by atoms with Gasteiger partial charge in [-0.1, -0.05) is 11.8 Å². The molecule has 1 aliphatic rings.